The van der Waals surface area contributed by atoms with Gasteiger partial charge >= 0.3 is 6.61 Å². The van der Waals surface area contributed by atoms with Crippen molar-refractivity contribution in [3.63, 3.8) is 0 Å². The topological polar surface area (TPSA) is 59.6 Å². The number of ether oxygens (including phenoxy) is 1. The first-order valence-corrected chi connectivity index (χ1v) is 5.52. The Morgan fingerprint density at radius 1 is 1.59 bits per heavy atom. The maximum atomic E-state index is 12.1. The highest BCUT2D eigenvalue weighted by molar-refractivity contribution is 9.10. The van der Waals surface area contributed by atoms with Gasteiger partial charge in [-0.2, -0.15) is 13.9 Å². The molecule has 1 aromatic carbocycles. The largest absolute Gasteiger partial charge is 0.434 e. The summed E-state index contributed by atoms with van der Waals surface area (Å²) in [5, 5.41) is 3.65. The van der Waals surface area contributed by atoms with Crippen molar-refractivity contribution in [1.29, 1.82) is 0 Å². The number of alkyl halides is 2. The Morgan fingerprint density at radius 2 is 2.29 bits per heavy atom. The number of nitrogens with zero attached hydrogens (tertiary/aromatic N) is 1. The Kier molecular flexibility index (Phi) is 5.23. The first kappa shape index (κ1) is 13.8. The van der Waals surface area contributed by atoms with Crippen molar-refractivity contribution in [2.45, 2.75) is 6.61 Å². The molecule has 1 rings (SSSR count). The number of rotatable bonds is 4. The lowest BCUT2D eigenvalue weighted by Crippen LogP contribution is -2.24. The van der Waals surface area contributed by atoms with Gasteiger partial charge in [-0.25, -0.2) is 0 Å². The van der Waals surface area contributed by atoms with Gasteiger partial charge in [0.05, 0.1) is 11.8 Å². The van der Waals surface area contributed by atoms with Gasteiger partial charge in [-0.1, -0.05) is 6.07 Å². The number of thiocarbonyl (C=S) groups is 1. The molecule has 92 valence electrons. The Hall–Kier alpha value is -1.28. The van der Waals surface area contributed by atoms with Crippen LogP contribution in [0.1, 0.15) is 5.56 Å². The molecule has 0 amide bonds. The lowest BCUT2D eigenvalue weighted by molar-refractivity contribution is -0.0499. The van der Waals surface area contributed by atoms with Crippen molar-refractivity contribution in [3.05, 3.63) is 28.2 Å². The van der Waals surface area contributed by atoms with E-state index in [1.165, 1.54) is 12.3 Å². The lowest BCUT2D eigenvalue weighted by atomic mass is 10.2. The molecule has 0 unspecified atom stereocenters. The van der Waals surface area contributed by atoms with Crippen LogP contribution in [-0.2, 0) is 0 Å². The Balaban J connectivity index is 2.95. The van der Waals surface area contributed by atoms with Crippen LogP contribution in [0.4, 0.5) is 8.78 Å². The van der Waals surface area contributed by atoms with Crippen LogP contribution in [0.3, 0.4) is 0 Å². The lowest BCUT2D eigenvalue weighted by Gasteiger charge is -2.08. The van der Waals surface area contributed by atoms with Gasteiger partial charge in [0.1, 0.15) is 5.75 Å². The SMILES string of the molecule is NC(=S)NN=Cc1c(Br)cccc1OC(F)F. The molecule has 0 aliphatic heterocycles. The molecule has 3 N–H and O–H groups in total. The van der Waals surface area contributed by atoms with Gasteiger partial charge in [-0.05, 0) is 40.3 Å². The van der Waals surface area contributed by atoms with Crippen molar-refractivity contribution in [2.24, 2.45) is 10.8 Å². The van der Waals surface area contributed by atoms with E-state index in [9.17, 15) is 8.78 Å². The zero-order valence-corrected chi connectivity index (χ0v) is 10.8. The van der Waals surface area contributed by atoms with Gasteiger partial charge in [0.25, 0.3) is 0 Å². The van der Waals surface area contributed by atoms with Crippen LogP contribution < -0.4 is 15.9 Å². The second-order valence-electron chi connectivity index (χ2n) is 2.76. The summed E-state index contributed by atoms with van der Waals surface area (Å²) in [6, 6.07) is 4.64. The molecule has 1 aromatic rings. The summed E-state index contributed by atoms with van der Waals surface area (Å²) in [7, 11) is 0. The van der Waals surface area contributed by atoms with Gasteiger partial charge in [-0.15, -0.1) is 0 Å². The van der Waals surface area contributed by atoms with E-state index in [4.69, 9.17) is 5.73 Å². The van der Waals surface area contributed by atoms with Crippen molar-refractivity contribution in [2.75, 3.05) is 0 Å². The first-order chi connectivity index (χ1) is 8.00. The molecular formula is C9H8BrF2N3OS. The Morgan fingerprint density at radius 3 is 2.88 bits per heavy atom. The predicted molar refractivity (Wildman–Crippen MR) is 68.3 cm³/mol. The third-order valence-electron chi connectivity index (χ3n) is 1.60. The molecule has 0 bridgehead atoms. The first-order valence-electron chi connectivity index (χ1n) is 4.32. The van der Waals surface area contributed by atoms with Crippen LogP contribution in [0.15, 0.2) is 27.8 Å². The molecule has 0 atom stereocenters. The molecule has 0 heterocycles. The predicted octanol–water partition coefficient (Wildman–Crippen LogP) is 2.22. The van der Waals surface area contributed by atoms with E-state index in [-0.39, 0.29) is 10.9 Å². The molecule has 0 aliphatic carbocycles. The zero-order valence-electron chi connectivity index (χ0n) is 8.36. The molecule has 0 aliphatic rings. The van der Waals surface area contributed by atoms with Crippen molar-refractivity contribution < 1.29 is 13.5 Å². The number of hydrogen-bond acceptors (Lipinski definition) is 3. The summed E-state index contributed by atoms with van der Waals surface area (Å²) >= 11 is 7.73. The normalized spacial score (nSPS) is 10.8. The van der Waals surface area contributed by atoms with E-state index in [1.807, 2.05) is 0 Å². The van der Waals surface area contributed by atoms with Crippen molar-refractivity contribution >= 4 is 39.5 Å². The third kappa shape index (κ3) is 4.61. The van der Waals surface area contributed by atoms with Crippen LogP contribution >= 0.6 is 28.1 Å². The van der Waals surface area contributed by atoms with Gasteiger partial charge in [0.15, 0.2) is 5.11 Å². The number of nitrogens with two attached hydrogens (primary N) is 1. The van der Waals surface area contributed by atoms with Gasteiger partial charge in [0, 0.05) is 4.47 Å². The molecule has 0 fully saturated rings. The maximum absolute atomic E-state index is 12.1. The summed E-state index contributed by atoms with van der Waals surface area (Å²) in [5.74, 6) is 0.00265. The molecule has 0 aromatic heterocycles. The molecule has 0 radical (unpaired) electrons. The fourth-order valence-electron chi connectivity index (χ4n) is 1.00. The quantitative estimate of drug-likeness (QED) is 0.506. The van der Waals surface area contributed by atoms with Crippen molar-refractivity contribution in [1.82, 2.24) is 5.43 Å². The number of nitrogens with one attached hydrogen (secondary N) is 1. The fourth-order valence-corrected chi connectivity index (χ4v) is 1.50. The number of hydrogen-bond donors (Lipinski definition) is 2. The monoisotopic (exact) mass is 323 g/mol. The zero-order chi connectivity index (χ0) is 12.8. The highest BCUT2D eigenvalue weighted by atomic mass is 79.9. The van der Waals surface area contributed by atoms with Crippen LogP contribution in [0.25, 0.3) is 0 Å². The van der Waals surface area contributed by atoms with Crippen LogP contribution in [0.2, 0.25) is 0 Å². The molecule has 0 saturated carbocycles. The van der Waals surface area contributed by atoms with Crippen LogP contribution in [0, 0.1) is 0 Å². The molecule has 4 nitrogen and oxygen atoms in total. The highest BCUT2D eigenvalue weighted by Gasteiger charge is 2.10. The van der Waals surface area contributed by atoms with E-state index < -0.39 is 6.61 Å². The summed E-state index contributed by atoms with van der Waals surface area (Å²) < 4.78 is 29.2. The van der Waals surface area contributed by atoms with Crippen molar-refractivity contribution in [3.8, 4) is 5.75 Å². The average molecular weight is 324 g/mol. The summed E-state index contributed by atoms with van der Waals surface area (Å²) in [5.41, 5.74) is 7.83. The van der Waals surface area contributed by atoms with E-state index in [0.29, 0.717) is 10.0 Å². The van der Waals surface area contributed by atoms with Gasteiger partial charge in [0.2, 0.25) is 0 Å². The third-order valence-corrected chi connectivity index (χ3v) is 2.38. The van der Waals surface area contributed by atoms with Crippen LogP contribution in [0.5, 0.6) is 5.75 Å². The molecule has 0 saturated heterocycles. The van der Waals surface area contributed by atoms with E-state index in [2.05, 4.69) is 43.4 Å². The van der Waals surface area contributed by atoms with E-state index in [1.54, 1.807) is 12.1 Å². The minimum atomic E-state index is -2.90. The second kappa shape index (κ2) is 6.45. The Bertz CT molecular complexity index is 442. The van der Waals surface area contributed by atoms with E-state index >= 15 is 0 Å². The summed E-state index contributed by atoms with van der Waals surface area (Å²) in [4.78, 5) is 0. The number of halogens is 3. The minimum Gasteiger partial charge on any atom is -0.434 e. The molecule has 8 heteroatoms. The fraction of sp³-hybridized carbons (Fsp3) is 0.111. The van der Waals surface area contributed by atoms with Gasteiger partial charge < -0.3 is 10.5 Å². The maximum Gasteiger partial charge on any atom is 0.387 e. The summed E-state index contributed by atoms with van der Waals surface area (Å²) in [6.07, 6.45) is 1.28. The number of hydrazone groups is 1. The van der Waals surface area contributed by atoms with Gasteiger partial charge in [-0.3, -0.25) is 5.43 Å². The molecule has 17 heavy (non-hydrogen) atoms. The molecular weight excluding hydrogens is 316 g/mol. The number of benzene rings is 1. The summed E-state index contributed by atoms with van der Waals surface area (Å²) in [6.45, 7) is -2.90. The highest BCUT2D eigenvalue weighted by Crippen LogP contribution is 2.26. The van der Waals surface area contributed by atoms with Crippen LogP contribution in [-0.4, -0.2) is 17.9 Å². The average Bonchev–Trinajstić information content (AvgIpc) is 2.21. The second-order valence-corrected chi connectivity index (χ2v) is 4.06. The minimum absolute atomic E-state index is 0.00265. The van der Waals surface area contributed by atoms with E-state index in [0.717, 1.165) is 0 Å². The standard InChI is InChI=1S/C9H8BrF2N3OS/c10-6-2-1-3-7(16-8(11)12)5(6)4-14-15-9(13)17/h1-4,8H,(H3,13,15,17). The Labute approximate surface area is 110 Å². The smallest absolute Gasteiger partial charge is 0.387 e. The molecule has 0 spiro atoms.